The van der Waals surface area contributed by atoms with Crippen molar-refractivity contribution in [2.75, 3.05) is 4.90 Å². The molecule has 0 spiro atoms. The zero-order chi connectivity index (χ0) is 41.0. The number of benzene rings is 11. The Bertz CT molecular complexity index is 3620. The number of rotatable bonds is 7. The summed E-state index contributed by atoms with van der Waals surface area (Å²) in [6, 6.07) is 88.5. The summed E-state index contributed by atoms with van der Waals surface area (Å²) >= 11 is 0. The van der Waals surface area contributed by atoms with E-state index in [0.29, 0.717) is 0 Å². The summed E-state index contributed by atoms with van der Waals surface area (Å²) in [5.74, 6) is 0. The zero-order valence-electron chi connectivity index (χ0n) is 34.0. The first-order valence-corrected chi connectivity index (χ1v) is 21.3. The van der Waals surface area contributed by atoms with Crippen LogP contribution < -0.4 is 4.90 Å². The topological polar surface area (TPSA) is 8.17 Å². The first kappa shape index (κ1) is 35.7. The number of nitrogens with zero attached hydrogens (tertiary/aromatic N) is 2. The fourth-order valence-corrected chi connectivity index (χ4v) is 9.62. The van der Waals surface area contributed by atoms with Crippen LogP contribution in [0.4, 0.5) is 17.1 Å². The molecule has 0 saturated carbocycles. The fraction of sp³-hybridized carbons (Fsp3) is 0. The molecule has 290 valence electrons. The molecule has 62 heavy (non-hydrogen) atoms. The number of para-hydroxylation sites is 2. The molecule has 1 heterocycles. The predicted octanol–water partition coefficient (Wildman–Crippen LogP) is 16.7. The van der Waals surface area contributed by atoms with E-state index >= 15 is 0 Å². The number of aromatic nitrogens is 1. The van der Waals surface area contributed by atoms with Crippen molar-refractivity contribution in [1.82, 2.24) is 4.57 Å². The van der Waals surface area contributed by atoms with Crippen molar-refractivity contribution < 1.29 is 0 Å². The van der Waals surface area contributed by atoms with Gasteiger partial charge in [-0.1, -0.05) is 176 Å². The van der Waals surface area contributed by atoms with Gasteiger partial charge in [0.25, 0.3) is 0 Å². The normalized spacial score (nSPS) is 11.5. The average Bonchev–Trinajstić information content (AvgIpc) is 3.70. The van der Waals surface area contributed by atoms with Crippen LogP contribution >= 0.6 is 0 Å². The van der Waals surface area contributed by atoms with Gasteiger partial charge in [-0.05, 0) is 127 Å². The van der Waals surface area contributed by atoms with Crippen LogP contribution in [0.2, 0.25) is 0 Å². The van der Waals surface area contributed by atoms with Crippen LogP contribution in [0.25, 0.3) is 93.2 Å². The largest absolute Gasteiger partial charge is 0.310 e. The SMILES string of the molecule is c1ccc(-c2cccc(-c3ccc(N(c4cccc(-c5cc6ccccc6c6c5c5ccccc5n6-c5ccccc5)c4)c4ccc5c(ccc6ccccc65)c4)cc3)c2)cc1. The van der Waals surface area contributed by atoms with Gasteiger partial charge in [0, 0.05) is 38.9 Å². The molecule has 0 atom stereocenters. The molecule has 2 nitrogen and oxygen atoms in total. The van der Waals surface area contributed by atoms with E-state index in [1.54, 1.807) is 0 Å². The Morgan fingerprint density at radius 3 is 1.65 bits per heavy atom. The molecule has 0 unspecified atom stereocenters. The van der Waals surface area contributed by atoms with Gasteiger partial charge in [-0.15, -0.1) is 0 Å². The second-order valence-corrected chi connectivity index (χ2v) is 16.1. The molecule has 12 aromatic rings. The van der Waals surface area contributed by atoms with E-state index in [0.717, 1.165) is 22.7 Å². The lowest BCUT2D eigenvalue weighted by atomic mass is 9.94. The highest BCUT2D eigenvalue weighted by atomic mass is 15.1. The van der Waals surface area contributed by atoms with Gasteiger partial charge in [0.05, 0.1) is 11.0 Å². The Hall–Kier alpha value is -8.20. The zero-order valence-corrected chi connectivity index (χ0v) is 34.0. The van der Waals surface area contributed by atoms with E-state index < -0.39 is 0 Å². The minimum Gasteiger partial charge on any atom is -0.310 e. The maximum atomic E-state index is 2.45. The number of hydrogen-bond acceptors (Lipinski definition) is 1. The monoisotopic (exact) mass is 788 g/mol. The summed E-state index contributed by atoms with van der Waals surface area (Å²) in [4.78, 5) is 2.41. The lowest BCUT2D eigenvalue weighted by Gasteiger charge is -2.27. The van der Waals surface area contributed by atoms with E-state index in [9.17, 15) is 0 Å². The molecule has 11 aromatic carbocycles. The third kappa shape index (κ3) is 6.04. The van der Waals surface area contributed by atoms with Gasteiger partial charge >= 0.3 is 0 Å². The van der Waals surface area contributed by atoms with Crippen LogP contribution in [-0.4, -0.2) is 4.57 Å². The highest BCUT2D eigenvalue weighted by Crippen LogP contribution is 2.45. The van der Waals surface area contributed by atoms with Crippen LogP contribution in [0.1, 0.15) is 0 Å². The maximum Gasteiger partial charge on any atom is 0.0625 e. The highest BCUT2D eigenvalue weighted by Gasteiger charge is 2.21. The van der Waals surface area contributed by atoms with Crippen molar-refractivity contribution >= 4 is 71.2 Å². The Kier molecular flexibility index (Phi) is 8.53. The van der Waals surface area contributed by atoms with Gasteiger partial charge in [0.2, 0.25) is 0 Å². The molecule has 0 fully saturated rings. The Labute approximate surface area is 360 Å². The standard InChI is InChI=1S/C60H40N2/c1-3-15-41(16-4-1)44-19-13-20-45(37-44)42-31-33-50(34-32-42)61(52-35-36-54-48(39-52)30-29-43-17-7-9-25-53(43)54)51-24-14-21-46(38-51)57-40-47-18-8-10-26-55(47)60-59(57)56-27-11-12-28-58(56)62(60)49-22-5-2-6-23-49/h1-40H. The molecule has 0 radical (unpaired) electrons. The minimum absolute atomic E-state index is 1.09. The predicted molar refractivity (Wildman–Crippen MR) is 264 cm³/mol. The summed E-state index contributed by atoms with van der Waals surface area (Å²) < 4.78 is 2.45. The highest BCUT2D eigenvalue weighted by molar-refractivity contribution is 6.24. The number of anilines is 3. The Morgan fingerprint density at radius 1 is 0.290 bits per heavy atom. The molecule has 0 aliphatic heterocycles. The van der Waals surface area contributed by atoms with Crippen molar-refractivity contribution in [2.45, 2.75) is 0 Å². The van der Waals surface area contributed by atoms with E-state index in [-0.39, 0.29) is 0 Å². The van der Waals surface area contributed by atoms with E-state index in [4.69, 9.17) is 0 Å². The van der Waals surface area contributed by atoms with Gasteiger partial charge in [0.15, 0.2) is 0 Å². The van der Waals surface area contributed by atoms with Crippen LogP contribution in [-0.2, 0) is 0 Å². The van der Waals surface area contributed by atoms with E-state index in [1.165, 1.54) is 87.5 Å². The van der Waals surface area contributed by atoms with Crippen molar-refractivity contribution in [1.29, 1.82) is 0 Å². The van der Waals surface area contributed by atoms with Gasteiger partial charge in [-0.3, -0.25) is 0 Å². The molecular formula is C60H40N2. The maximum absolute atomic E-state index is 2.45. The lowest BCUT2D eigenvalue weighted by molar-refractivity contribution is 1.19. The average molecular weight is 789 g/mol. The Balaban J connectivity index is 1.05. The fourth-order valence-electron chi connectivity index (χ4n) is 9.62. The quantitative estimate of drug-likeness (QED) is 0.146. The Morgan fingerprint density at radius 2 is 0.839 bits per heavy atom. The first-order chi connectivity index (χ1) is 30.7. The molecular weight excluding hydrogens is 749 g/mol. The van der Waals surface area contributed by atoms with Crippen LogP contribution in [0, 0.1) is 0 Å². The van der Waals surface area contributed by atoms with Crippen molar-refractivity contribution in [3.63, 3.8) is 0 Å². The molecule has 0 aliphatic carbocycles. The van der Waals surface area contributed by atoms with Gasteiger partial charge in [-0.25, -0.2) is 0 Å². The van der Waals surface area contributed by atoms with Gasteiger partial charge < -0.3 is 9.47 Å². The summed E-state index contributed by atoms with van der Waals surface area (Å²) in [5, 5.41) is 9.92. The lowest BCUT2D eigenvalue weighted by Crippen LogP contribution is -2.10. The summed E-state index contributed by atoms with van der Waals surface area (Å²) in [6.45, 7) is 0. The number of fused-ring (bicyclic) bond motifs is 8. The molecule has 1 aromatic heterocycles. The number of hydrogen-bond donors (Lipinski definition) is 0. The van der Waals surface area contributed by atoms with E-state index in [2.05, 4.69) is 252 Å². The second-order valence-electron chi connectivity index (χ2n) is 16.1. The third-order valence-corrected chi connectivity index (χ3v) is 12.5. The minimum atomic E-state index is 1.09. The first-order valence-electron chi connectivity index (χ1n) is 21.3. The second kappa shape index (κ2) is 14.8. The molecule has 0 N–H and O–H groups in total. The molecule has 0 saturated heterocycles. The van der Waals surface area contributed by atoms with Crippen molar-refractivity contribution in [3.8, 4) is 39.1 Å². The van der Waals surface area contributed by atoms with Gasteiger partial charge in [0.1, 0.15) is 0 Å². The molecule has 2 heteroatoms. The summed E-state index contributed by atoms with van der Waals surface area (Å²) in [5.41, 5.74) is 14.0. The van der Waals surface area contributed by atoms with Crippen LogP contribution in [0.5, 0.6) is 0 Å². The van der Waals surface area contributed by atoms with E-state index in [1.807, 2.05) is 0 Å². The van der Waals surface area contributed by atoms with Crippen LogP contribution in [0.15, 0.2) is 243 Å². The molecule has 0 amide bonds. The van der Waals surface area contributed by atoms with Crippen molar-refractivity contribution in [2.24, 2.45) is 0 Å². The third-order valence-electron chi connectivity index (χ3n) is 12.5. The summed E-state index contributed by atoms with van der Waals surface area (Å²) in [6.07, 6.45) is 0. The van der Waals surface area contributed by atoms with Gasteiger partial charge in [-0.2, -0.15) is 0 Å². The van der Waals surface area contributed by atoms with Crippen LogP contribution in [0.3, 0.4) is 0 Å². The van der Waals surface area contributed by atoms with Crippen molar-refractivity contribution in [3.05, 3.63) is 243 Å². The molecule has 0 bridgehead atoms. The molecule has 0 aliphatic rings. The smallest absolute Gasteiger partial charge is 0.0625 e. The molecule has 12 rings (SSSR count). The summed E-state index contributed by atoms with van der Waals surface area (Å²) in [7, 11) is 0.